The molecule has 0 saturated heterocycles. The van der Waals surface area contributed by atoms with Gasteiger partial charge in [-0.3, -0.25) is 9.78 Å². The Kier molecular flexibility index (Phi) is 5.27. The standard InChI is InChI=1S/C11H9ClF5NO2/c1-2-20-7(19)3-6-8(10(13)14)9(11(15,16)17)5(12)4-18-6/h4,10H,2-3H2,1H3. The number of ether oxygens (including phenoxy) is 1. The second-order valence-electron chi connectivity index (χ2n) is 3.62. The zero-order valence-corrected chi connectivity index (χ0v) is 10.9. The van der Waals surface area contributed by atoms with Gasteiger partial charge in [0.05, 0.1) is 34.9 Å². The number of rotatable bonds is 4. The molecule has 0 bridgehead atoms. The molecule has 1 aromatic heterocycles. The molecule has 0 atom stereocenters. The molecular formula is C11H9ClF5NO2. The molecule has 1 rings (SSSR count). The van der Waals surface area contributed by atoms with Crippen molar-refractivity contribution >= 4 is 17.6 Å². The van der Waals surface area contributed by atoms with Crippen LogP contribution in [-0.4, -0.2) is 17.6 Å². The molecule has 0 fully saturated rings. The fourth-order valence-corrected chi connectivity index (χ4v) is 1.81. The van der Waals surface area contributed by atoms with Crippen LogP contribution in [0.5, 0.6) is 0 Å². The molecular weight excluding hydrogens is 309 g/mol. The topological polar surface area (TPSA) is 39.2 Å². The molecule has 20 heavy (non-hydrogen) atoms. The van der Waals surface area contributed by atoms with E-state index in [0.29, 0.717) is 6.20 Å². The predicted molar refractivity (Wildman–Crippen MR) is 59.5 cm³/mol. The molecule has 0 saturated carbocycles. The minimum atomic E-state index is -5.07. The lowest BCUT2D eigenvalue weighted by Crippen LogP contribution is -2.17. The van der Waals surface area contributed by atoms with Gasteiger partial charge in [0.15, 0.2) is 0 Å². The van der Waals surface area contributed by atoms with Crippen molar-refractivity contribution in [2.24, 2.45) is 0 Å². The van der Waals surface area contributed by atoms with Crippen LogP contribution in [0.4, 0.5) is 22.0 Å². The lowest BCUT2D eigenvalue weighted by atomic mass is 10.0. The van der Waals surface area contributed by atoms with Gasteiger partial charge in [0.25, 0.3) is 6.43 Å². The van der Waals surface area contributed by atoms with E-state index in [1.807, 2.05) is 0 Å². The Bertz CT molecular complexity index is 504. The van der Waals surface area contributed by atoms with Crippen LogP contribution in [0.15, 0.2) is 6.20 Å². The van der Waals surface area contributed by atoms with Crippen molar-refractivity contribution < 1.29 is 31.5 Å². The van der Waals surface area contributed by atoms with E-state index in [2.05, 4.69) is 9.72 Å². The molecule has 0 N–H and O–H groups in total. The molecule has 0 aliphatic carbocycles. The molecule has 0 radical (unpaired) electrons. The van der Waals surface area contributed by atoms with Gasteiger partial charge in [-0.25, -0.2) is 8.78 Å². The zero-order chi connectivity index (χ0) is 15.5. The summed E-state index contributed by atoms with van der Waals surface area (Å²) in [4.78, 5) is 14.6. The van der Waals surface area contributed by atoms with Crippen LogP contribution >= 0.6 is 11.6 Å². The van der Waals surface area contributed by atoms with E-state index in [1.165, 1.54) is 6.92 Å². The van der Waals surface area contributed by atoms with E-state index < -0.39 is 46.8 Å². The van der Waals surface area contributed by atoms with Gasteiger partial charge >= 0.3 is 12.1 Å². The van der Waals surface area contributed by atoms with Crippen molar-refractivity contribution in [1.82, 2.24) is 4.98 Å². The minimum Gasteiger partial charge on any atom is -0.466 e. The summed E-state index contributed by atoms with van der Waals surface area (Å²) in [5.74, 6) is -0.947. The first kappa shape index (κ1) is 16.6. The van der Waals surface area contributed by atoms with Crippen molar-refractivity contribution in [2.75, 3.05) is 6.61 Å². The highest BCUT2D eigenvalue weighted by Gasteiger charge is 2.40. The molecule has 9 heteroatoms. The fourth-order valence-electron chi connectivity index (χ4n) is 1.55. The number of carbonyl (C=O) groups excluding carboxylic acids is 1. The van der Waals surface area contributed by atoms with Gasteiger partial charge in [-0.1, -0.05) is 11.6 Å². The minimum absolute atomic E-state index is 0.0252. The SMILES string of the molecule is CCOC(=O)Cc1ncc(Cl)c(C(F)(F)F)c1C(F)F. The number of halogens is 6. The first-order valence-electron chi connectivity index (χ1n) is 5.36. The van der Waals surface area contributed by atoms with Crippen LogP contribution in [-0.2, 0) is 22.1 Å². The Morgan fingerprint density at radius 3 is 2.50 bits per heavy atom. The summed E-state index contributed by atoms with van der Waals surface area (Å²) in [6, 6.07) is 0. The molecule has 1 heterocycles. The number of aromatic nitrogens is 1. The largest absolute Gasteiger partial charge is 0.466 e. The molecule has 3 nitrogen and oxygen atoms in total. The average molecular weight is 318 g/mol. The summed E-state index contributed by atoms with van der Waals surface area (Å²) >= 11 is 5.30. The number of hydrogen-bond acceptors (Lipinski definition) is 3. The normalized spacial score (nSPS) is 11.8. The van der Waals surface area contributed by atoms with Crippen molar-refractivity contribution in [2.45, 2.75) is 25.9 Å². The van der Waals surface area contributed by atoms with Crippen molar-refractivity contribution in [3.8, 4) is 0 Å². The Labute approximate surface area is 115 Å². The zero-order valence-electron chi connectivity index (χ0n) is 10.1. The van der Waals surface area contributed by atoms with Gasteiger partial charge in [-0.15, -0.1) is 0 Å². The number of carbonyl (C=O) groups is 1. The molecule has 0 unspecified atom stereocenters. The van der Waals surface area contributed by atoms with E-state index in [9.17, 15) is 26.7 Å². The summed E-state index contributed by atoms with van der Waals surface area (Å²) in [6.07, 6.45) is -8.74. The maximum atomic E-state index is 12.9. The van der Waals surface area contributed by atoms with Crippen LogP contribution in [0.3, 0.4) is 0 Å². The summed E-state index contributed by atoms with van der Waals surface area (Å²) in [5.41, 5.74) is -3.77. The molecule has 0 aromatic carbocycles. The van der Waals surface area contributed by atoms with Gasteiger partial charge < -0.3 is 4.74 Å². The maximum absolute atomic E-state index is 12.9. The van der Waals surface area contributed by atoms with E-state index in [-0.39, 0.29) is 6.61 Å². The third kappa shape index (κ3) is 3.78. The van der Waals surface area contributed by atoms with Crippen LogP contribution in [0, 0.1) is 0 Å². The first-order chi connectivity index (χ1) is 9.18. The van der Waals surface area contributed by atoms with E-state index in [1.54, 1.807) is 0 Å². The van der Waals surface area contributed by atoms with E-state index >= 15 is 0 Å². The lowest BCUT2D eigenvalue weighted by molar-refractivity contribution is -0.143. The highest BCUT2D eigenvalue weighted by atomic mass is 35.5. The number of pyridine rings is 1. The van der Waals surface area contributed by atoms with E-state index in [0.717, 1.165) is 0 Å². The highest BCUT2D eigenvalue weighted by molar-refractivity contribution is 6.31. The Morgan fingerprint density at radius 1 is 1.45 bits per heavy atom. The number of alkyl halides is 5. The van der Waals surface area contributed by atoms with Crippen molar-refractivity contribution in [3.63, 3.8) is 0 Å². The molecule has 112 valence electrons. The molecule has 1 aromatic rings. The molecule has 0 amide bonds. The predicted octanol–water partition coefficient (Wildman–Crippen LogP) is 3.80. The highest BCUT2D eigenvalue weighted by Crippen LogP contribution is 2.41. The van der Waals surface area contributed by atoms with Gasteiger partial charge in [-0.05, 0) is 6.92 Å². The smallest absolute Gasteiger partial charge is 0.418 e. The van der Waals surface area contributed by atoms with Crippen molar-refractivity contribution in [3.05, 3.63) is 28.0 Å². The van der Waals surface area contributed by atoms with Gasteiger partial charge in [0.2, 0.25) is 0 Å². The summed E-state index contributed by atoms with van der Waals surface area (Å²) in [6.45, 7) is 1.45. The van der Waals surface area contributed by atoms with Gasteiger partial charge in [0.1, 0.15) is 0 Å². The Balaban J connectivity index is 3.36. The third-order valence-corrected chi connectivity index (χ3v) is 2.56. The van der Waals surface area contributed by atoms with Crippen LogP contribution in [0.2, 0.25) is 5.02 Å². The fraction of sp³-hybridized carbons (Fsp3) is 0.455. The second kappa shape index (κ2) is 6.34. The third-order valence-electron chi connectivity index (χ3n) is 2.27. The van der Waals surface area contributed by atoms with Crippen LogP contribution in [0.25, 0.3) is 0 Å². The molecule has 0 aliphatic heterocycles. The van der Waals surface area contributed by atoms with E-state index in [4.69, 9.17) is 11.6 Å². The summed E-state index contributed by atoms with van der Waals surface area (Å²) in [5, 5.41) is -0.944. The first-order valence-corrected chi connectivity index (χ1v) is 5.74. The van der Waals surface area contributed by atoms with Crippen LogP contribution < -0.4 is 0 Å². The lowest BCUT2D eigenvalue weighted by Gasteiger charge is -2.16. The number of nitrogens with zero attached hydrogens (tertiary/aromatic N) is 1. The number of esters is 1. The Hall–Kier alpha value is -1.44. The van der Waals surface area contributed by atoms with Crippen LogP contribution in [0.1, 0.15) is 30.2 Å². The number of hydrogen-bond donors (Lipinski definition) is 0. The Morgan fingerprint density at radius 2 is 2.05 bits per heavy atom. The second-order valence-corrected chi connectivity index (χ2v) is 4.03. The van der Waals surface area contributed by atoms with Gasteiger partial charge in [-0.2, -0.15) is 13.2 Å². The van der Waals surface area contributed by atoms with Gasteiger partial charge in [0, 0.05) is 6.20 Å². The summed E-state index contributed by atoms with van der Waals surface area (Å²) < 4.78 is 68.6. The monoisotopic (exact) mass is 317 g/mol. The average Bonchev–Trinajstić information content (AvgIpc) is 2.29. The quantitative estimate of drug-likeness (QED) is 0.626. The van der Waals surface area contributed by atoms with Crippen molar-refractivity contribution in [1.29, 1.82) is 0 Å². The molecule has 0 aliphatic rings. The maximum Gasteiger partial charge on any atom is 0.418 e. The molecule has 0 spiro atoms. The summed E-state index contributed by atoms with van der Waals surface area (Å²) in [7, 11) is 0.